The Kier molecular flexibility index (Phi) is 12.9. The number of phenolic OH excluding ortho intramolecular Hbond substituents is 1. The molecule has 0 aliphatic heterocycles. The Labute approximate surface area is 216 Å². The minimum absolute atomic E-state index is 0.0181. The minimum Gasteiger partial charge on any atom is -0.508 e. The van der Waals surface area contributed by atoms with Crippen molar-refractivity contribution in [2.24, 2.45) is 28.1 Å². The first-order valence-electron chi connectivity index (χ1n) is 12.0. The number of carbonyl (C=O) groups excluding carboxylic acids is 3. The molecule has 0 saturated heterocycles. The molecule has 1 aromatic rings. The Bertz CT molecular complexity index is 945. The Balaban J connectivity index is 3.00. The van der Waals surface area contributed by atoms with Crippen molar-refractivity contribution >= 4 is 29.7 Å². The summed E-state index contributed by atoms with van der Waals surface area (Å²) in [7, 11) is 0. The normalized spacial score (nSPS) is 14.1. The molecule has 0 radical (unpaired) electrons. The molecule has 0 fully saturated rings. The zero-order valence-corrected chi connectivity index (χ0v) is 21.4. The number of guanidine groups is 1. The zero-order valence-electron chi connectivity index (χ0n) is 21.4. The van der Waals surface area contributed by atoms with Crippen LogP contribution in [0.5, 0.6) is 5.75 Å². The number of aromatic hydroxyl groups is 1. The van der Waals surface area contributed by atoms with Crippen LogP contribution in [-0.4, -0.2) is 70.6 Å². The molecule has 13 heteroatoms. The van der Waals surface area contributed by atoms with Crippen molar-refractivity contribution in [3.63, 3.8) is 0 Å². The number of hydrogen-bond acceptors (Lipinski definition) is 7. The van der Waals surface area contributed by atoms with Gasteiger partial charge in [-0.2, -0.15) is 0 Å². The molecule has 3 amide bonds. The van der Waals surface area contributed by atoms with Gasteiger partial charge >= 0.3 is 5.97 Å². The maximum absolute atomic E-state index is 13.1. The summed E-state index contributed by atoms with van der Waals surface area (Å²) in [6.45, 7) is 5.40. The van der Waals surface area contributed by atoms with Crippen molar-refractivity contribution in [2.75, 3.05) is 6.54 Å². The van der Waals surface area contributed by atoms with Gasteiger partial charge in [0.25, 0.3) is 0 Å². The van der Waals surface area contributed by atoms with E-state index in [1.54, 1.807) is 12.1 Å². The van der Waals surface area contributed by atoms with Crippen molar-refractivity contribution in [1.82, 2.24) is 16.0 Å². The van der Waals surface area contributed by atoms with Gasteiger partial charge < -0.3 is 43.4 Å². The van der Waals surface area contributed by atoms with Crippen LogP contribution in [0.4, 0.5) is 0 Å². The highest BCUT2D eigenvalue weighted by Gasteiger charge is 2.30. The van der Waals surface area contributed by atoms with Gasteiger partial charge in [0.1, 0.15) is 23.9 Å². The lowest BCUT2D eigenvalue weighted by molar-refractivity contribution is -0.142. The third kappa shape index (κ3) is 12.1. The monoisotopic (exact) mass is 521 g/mol. The van der Waals surface area contributed by atoms with Gasteiger partial charge in [0, 0.05) is 13.0 Å². The largest absolute Gasteiger partial charge is 0.508 e. The number of aliphatic carboxylic acids is 1. The number of carbonyl (C=O) groups is 4. The van der Waals surface area contributed by atoms with Gasteiger partial charge in [0.2, 0.25) is 17.7 Å². The van der Waals surface area contributed by atoms with E-state index in [9.17, 15) is 29.4 Å². The van der Waals surface area contributed by atoms with E-state index in [2.05, 4.69) is 20.9 Å². The summed E-state index contributed by atoms with van der Waals surface area (Å²) >= 11 is 0. The number of nitrogens with one attached hydrogen (secondary N) is 3. The standard InChI is InChI=1S/C24H39N7O6/c1-13(2)11-18(22(35)31-19(23(36)37)12-15-6-8-16(32)9-7-15)30-21(34)17(29-20(33)14(3)25)5-4-10-28-24(26)27/h6-9,13-14,17-19,32H,4-5,10-12,25H2,1-3H3,(H,29,33)(H,30,34)(H,31,35)(H,36,37)(H4,26,27,28). The molecule has 37 heavy (non-hydrogen) atoms. The van der Waals surface area contributed by atoms with Crippen LogP contribution in [0.15, 0.2) is 29.3 Å². The predicted octanol–water partition coefficient (Wildman–Crippen LogP) is -1.08. The number of nitrogens with two attached hydrogens (primary N) is 3. The van der Waals surface area contributed by atoms with Crippen molar-refractivity contribution in [3.05, 3.63) is 29.8 Å². The number of phenols is 1. The highest BCUT2D eigenvalue weighted by molar-refractivity contribution is 5.94. The summed E-state index contributed by atoms with van der Waals surface area (Å²) in [5.74, 6) is -3.19. The molecule has 206 valence electrons. The first-order valence-corrected chi connectivity index (χ1v) is 12.0. The van der Waals surface area contributed by atoms with E-state index in [0.717, 1.165) is 0 Å². The van der Waals surface area contributed by atoms with E-state index in [-0.39, 0.29) is 43.4 Å². The van der Waals surface area contributed by atoms with Crippen LogP contribution in [0.25, 0.3) is 0 Å². The van der Waals surface area contributed by atoms with E-state index < -0.39 is 47.9 Å². The summed E-state index contributed by atoms with van der Waals surface area (Å²) in [6, 6.07) is 1.75. The molecule has 4 atom stereocenters. The van der Waals surface area contributed by atoms with E-state index in [1.807, 2.05) is 13.8 Å². The number of rotatable bonds is 15. The fourth-order valence-corrected chi connectivity index (χ4v) is 3.39. The van der Waals surface area contributed by atoms with Crippen LogP contribution in [-0.2, 0) is 25.6 Å². The minimum atomic E-state index is -1.27. The molecule has 1 aromatic carbocycles. The van der Waals surface area contributed by atoms with Crippen LogP contribution in [0.3, 0.4) is 0 Å². The van der Waals surface area contributed by atoms with E-state index in [4.69, 9.17) is 17.2 Å². The molecule has 1 rings (SSSR count). The number of amides is 3. The van der Waals surface area contributed by atoms with Gasteiger partial charge in [0.15, 0.2) is 5.96 Å². The highest BCUT2D eigenvalue weighted by Crippen LogP contribution is 2.12. The predicted molar refractivity (Wildman–Crippen MR) is 138 cm³/mol. The van der Waals surface area contributed by atoms with Crippen LogP contribution < -0.4 is 33.2 Å². The van der Waals surface area contributed by atoms with Gasteiger partial charge in [-0.25, -0.2) is 4.79 Å². The van der Waals surface area contributed by atoms with Crippen LogP contribution in [0, 0.1) is 5.92 Å². The third-order valence-corrected chi connectivity index (χ3v) is 5.32. The van der Waals surface area contributed by atoms with Gasteiger partial charge in [-0.3, -0.25) is 19.4 Å². The molecule has 0 saturated carbocycles. The van der Waals surface area contributed by atoms with Crippen molar-refractivity contribution in [1.29, 1.82) is 0 Å². The molecule has 0 aromatic heterocycles. The Hall–Kier alpha value is -3.87. The third-order valence-electron chi connectivity index (χ3n) is 5.32. The van der Waals surface area contributed by atoms with E-state index in [0.29, 0.717) is 12.0 Å². The van der Waals surface area contributed by atoms with Crippen molar-refractivity contribution in [3.8, 4) is 5.75 Å². The molecule has 4 unspecified atom stereocenters. The number of benzene rings is 1. The highest BCUT2D eigenvalue weighted by atomic mass is 16.4. The molecule has 0 spiro atoms. The molecular weight excluding hydrogens is 482 g/mol. The molecule has 13 nitrogen and oxygen atoms in total. The summed E-state index contributed by atoms with van der Waals surface area (Å²) < 4.78 is 0. The fraction of sp³-hybridized carbons (Fsp3) is 0.542. The molecule has 0 aliphatic carbocycles. The molecule has 0 heterocycles. The second-order valence-electron chi connectivity index (χ2n) is 9.26. The topological polar surface area (TPSA) is 235 Å². The first-order chi connectivity index (χ1) is 17.3. The Morgan fingerprint density at radius 2 is 1.43 bits per heavy atom. The van der Waals surface area contributed by atoms with Gasteiger partial charge in [-0.05, 0) is 49.8 Å². The smallest absolute Gasteiger partial charge is 0.326 e. The molecule has 0 bridgehead atoms. The van der Waals surface area contributed by atoms with Gasteiger partial charge in [-0.15, -0.1) is 0 Å². The molecular formula is C24H39N7O6. The van der Waals surface area contributed by atoms with Crippen molar-refractivity contribution < 1.29 is 29.4 Å². The second-order valence-corrected chi connectivity index (χ2v) is 9.26. The molecule has 11 N–H and O–H groups in total. The van der Waals surface area contributed by atoms with E-state index in [1.165, 1.54) is 19.1 Å². The number of carboxylic acid groups (broad SMARTS) is 1. The molecule has 0 aliphatic rings. The average Bonchev–Trinajstić information content (AvgIpc) is 2.80. The summed E-state index contributed by atoms with van der Waals surface area (Å²) in [5.41, 5.74) is 16.8. The lowest BCUT2D eigenvalue weighted by Crippen LogP contribution is -2.57. The first kappa shape index (κ1) is 31.2. The summed E-state index contributed by atoms with van der Waals surface area (Å²) in [6.07, 6.45) is 0.742. The zero-order chi connectivity index (χ0) is 28.1. The number of aliphatic imine (C=N–C) groups is 1. The lowest BCUT2D eigenvalue weighted by Gasteiger charge is -2.26. The number of carboxylic acids is 1. The summed E-state index contributed by atoms with van der Waals surface area (Å²) in [4.78, 5) is 54.0. The van der Waals surface area contributed by atoms with Crippen LogP contribution in [0.1, 0.15) is 45.6 Å². The Morgan fingerprint density at radius 3 is 1.95 bits per heavy atom. The van der Waals surface area contributed by atoms with Crippen molar-refractivity contribution in [2.45, 2.75) is 70.6 Å². The number of hydrogen-bond donors (Lipinski definition) is 8. The maximum Gasteiger partial charge on any atom is 0.326 e. The Morgan fingerprint density at radius 1 is 0.892 bits per heavy atom. The van der Waals surface area contributed by atoms with E-state index >= 15 is 0 Å². The second kappa shape index (κ2) is 15.3. The maximum atomic E-state index is 13.1. The number of nitrogens with zero attached hydrogens (tertiary/aromatic N) is 1. The fourth-order valence-electron chi connectivity index (χ4n) is 3.39. The van der Waals surface area contributed by atoms with Gasteiger partial charge in [0.05, 0.1) is 6.04 Å². The average molecular weight is 522 g/mol. The van der Waals surface area contributed by atoms with Gasteiger partial charge in [-0.1, -0.05) is 26.0 Å². The lowest BCUT2D eigenvalue weighted by atomic mass is 10.0. The SMILES string of the molecule is CC(C)CC(NC(=O)C(CCCN=C(N)N)NC(=O)C(C)N)C(=O)NC(Cc1ccc(O)cc1)C(=O)O. The van der Waals surface area contributed by atoms with Crippen LogP contribution >= 0.6 is 0 Å². The summed E-state index contributed by atoms with van der Waals surface area (Å²) in [5, 5.41) is 26.8. The quantitative estimate of drug-likeness (QED) is 0.0794. The van der Waals surface area contributed by atoms with Crippen LogP contribution in [0.2, 0.25) is 0 Å².